The molecule has 1 saturated heterocycles. The fourth-order valence-corrected chi connectivity index (χ4v) is 2.33. The molecule has 3 N–H and O–H groups in total. The summed E-state index contributed by atoms with van der Waals surface area (Å²) in [7, 11) is 0. The number of carbonyl (C=O) groups excluding carboxylic acids is 2. The molecule has 1 atom stereocenters. The van der Waals surface area contributed by atoms with E-state index in [0.717, 1.165) is 5.39 Å². The highest BCUT2D eigenvalue weighted by Gasteiger charge is 2.30. The fourth-order valence-electron chi connectivity index (χ4n) is 2.33. The quantitative estimate of drug-likeness (QED) is 0.579. The number of amides is 2. The van der Waals surface area contributed by atoms with Crippen LogP contribution in [0.3, 0.4) is 0 Å². The first kappa shape index (κ1) is 11.6. The summed E-state index contributed by atoms with van der Waals surface area (Å²) in [5.41, 5.74) is 7.68. The van der Waals surface area contributed by atoms with Crippen LogP contribution in [-0.2, 0) is 9.59 Å². The van der Waals surface area contributed by atoms with Gasteiger partial charge < -0.3 is 5.73 Å². The van der Waals surface area contributed by atoms with Crippen molar-refractivity contribution in [2.75, 3.05) is 5.73 Å². The molecule has 6 heteroatoms. The largest absolute Gasteiger partial charge is 0.399 e. The fraction of sp³-hybridized carbons (Fsp3) is 0.231. The average Bonchev–Trinajstić information content (AvgIpc) is 2.38. The van der Waals surface area contributed by atoms with Gasteiger partial charge in [-0.15, -0.1) is 0 Å². The van der Waals surface area contributed by atoms with Crippen LogP contribution < -0.4 is 11.1 Å². The summed E-state index contributed by atoms with van der Waals surface area (Å²) in [6.07, 6.45) is 2.22. The van der Waals surface area contributed by atoms with Gasteiger partial charge >= 0.3 is 0 Å². The molecule has 2 aromatic rings. The Hall–Kier alpha value is -2.50. The number of nitrogens with two attached hydrogens (primary N) is 1. The molecule has 0 bridgehead atoms. The summed E-state index contributed by atoms with van der Waals surface area (Å²) >= 11 is 0. The van der Waals surface area contributed by atoms with E-state index in [1.165, 1.54) is 6.33 Å². The smallest absolute Gasteiger partial charge is 0.235 e. The molecule has 0 saturated carbocycles. The maximum atomic E-state index is 11.9. The Morgan fingerprint density at radius 2 is 2.11 bits per heavy atom. The van der Waals surface area contributed by atoms with Crippen molar-refractivity contribution in [1.82, 2.24) is 15.3 Å². The third-order valence-corrected chi connectivity index (χ3v) is 3.26. The summed E-state index contributed by atoms with van der Waals surface area (Å²) in [4.78, 5) is 31.4. The molecule has 1 aromatic heterocycles. The van der Waals surface area contributed by atoms with Crippen LogP contribution >= 0.6 is 0 Å². The molecule has 0 aliphatic carbocycles. The molecular formula is C13H12N4O2. The second-order valence-corrected chi connectivity index (χ2v) is 4.54. The Kier molecular flexibility index (Phi) is 2.63. The Bertz CT molecular complexity index is 683. The zero-order chi connectivity index (χ0) is 13.4. The van der Waals surface area contributed by atoms with Crippen LogP contribution in [0.1, 0.15) is 24.5 Å². The maximum absolute atomic E-state index is 11.9. The molecule has 1 aliphatic rings. The zero-order valence-corrected chi connectivity index (χ0v) is 10.1. The molecule has 96 valence electrons. The second kappa shape index (κ2) is 4.31. The predicted octanol–water partition coefficient (Wildman–Crippen LogP) is 0.732. The number of imide groups is 1. The topological polar surface area (TPSA) is 98.0 Å². The number of benzene rings is 1. The van der Waals surface area contributed by atoms with E-state index in [2.05, 4.69) is 15.3 Å². The van der Waals surface area contributed by atoms with Crippen molar-refractivity contribution >= 4 is 28.4 Å². The van der Waals surface area contributed by atoms with Crippen LogP contribution in [0.25, 0.3) is 10.9 Å². The van der Waals surface area contributed by atoms with Crippen molar-refractivity contribution in [2.45, 2.75) is 18.8 Å². The third-order valence-electron chi connectivity index (χ3n) is 3.26. The van der Waals surface area contributed by atoms with E-state index < -0.39 is 5.92 Å². The minimum atomic E-state index is -0.410. The number of fused-ring (bicyclic) bond motifs is 1. The number of rotatable bonds is 1. The first-order valence-corrected chi connectivity index (χ1v) is 5.99. The monoisotopic (exact) mass is 256 g/mol. The lowest BCUT2D eigenvalue weighted by Crippen LogP contribution is -2.39. The number of piperidine rings is 1. The number of hydrogen-bond acceptors (Lipinski definition) is 5. The van der Waals surface area contributed by atoms with Gasteiger partial charge in [0.05, 0.1) is 17.1 Å². The third kappa shape index (κ3) is 2.01. The van der Waals surface area contributed by atoms with Gasteiger partial charge in [0.15, 0.2) is 0 Å². The molecule has 19 heavy (non-hydrogen) atoms. The zero-order valence-electron chi connectivity index (χ0n) is 10.1. The Morgan fingerprint density at radius 3 is 2.89 bits per heavy atom. The molecule has 2 amide bonds. The number of hydrogen-bond donors (Lipinski definition) is 2. The second-order valence-electron chi connectivity index (χ2n) is 4.54. The van der Waals surface area contributed by atoms with Gasteiger partial charge in [-0.2, -0.15) is 0 Å². The van der Waals surface area contributed by atoms with Gasteiger partial charge in [0, 0.05) is 17.5 Å². The molecule has 0 radical (unpaired) electrons. The van der Waals surface area contributed by atoms with Crippen molar-refractivity contribution < 1.29 is 9.59 Å². The first-order chi connectivity index (χ1) is 9.15. The molecule has 1 aromatic carbocycles. The predicted molar refractivity (Wildman–Crippen MR) is 69.1 cm³/mol. The van der Waals surface area contributed by atoms with E-state index in [1.807, 2.05) is 6.07 Å². The van der Waals surface area contributed by atoms with Gasteiger partial charge in [-0.25, -0.2) is 9.97 Å². The van der Waals surface area contributed by atoms with E-state index in [-0.39, 0.29) is 11.8 Å². The average molecular weight is 256 g/mol. The highest BCUT2D eigenvalue weighted by Crippen LogP contribution is 2.28. The van der Waals surface area contributed by atoms with Crippen LogP contribution in [0, 0.1) is 0 Å². The van der Waals surface area contributed by atoms with Crippen molar-refractivity contribution in [2.24, 2.45) is 0 Å². The van der Waals surface area contributed by atoms with Crippen LogP contribution in [-0.4, -0.2) is 21.8 Å². The lowest BCUT2D eigenvalue weighted by Gasteiger charge is -2.21. The van der Waals surface area contributed by atoms with Crippen molar-refractivity contribution in [3.8, 4) is 0 Å². The van der Waals surface area contributed by atoms with Gasteiger partial charge in [-0.1, -0.05) is 0 Å². The molecule has 3 rings (SSSR count). The molecule has 2 heterocycles. The van der Waals surface area contributed by atoms with Gasteiger partial charge in [0.1, 0.15) is 6.33 Å². The maximum Gasteiger partial charge on any atom is 0.235 e. The SMILES string of the molecule is Nc1ccc2c(C3CCC(=O)NC3=O)ncnc2c1. The van der Waals surface area contributed by atoms with Crippen molar-refractivity contribution in [3.05, 3.63) is 30.2 Å². The summed E-state index contributed by atoms with van der Waals surface area (Å²) in [6, 6.07) is 5.30. The normalized spacial score (nSPS) is 19.5. The lowest BCUT2D eigenvalue weighted by molar-refractivity contribution is -0.134. The van der Waals surface area contributed by atoms with E-state index in [4.69, 9.17) is 5.73 Å². The minimum absolute atomic E-state index is 0.233. The van der Waals surface area contributed by atoms with Crippen LogP contribution in [0.5, 0.6) is 0 Å². The summed E-state index contributed by atoms with van der Waals surface area (Å²) in [5.74, 6) is -0.941. The number of anilines is 1. The standard InChI is InChI=1S/C13H12N4O2/c14-7-1-2-8-10(5-7)15-6-16-12(8)9-3-4-11(18)17-13(9)19/h1-2,5-6,9H,3-4,14H2,(H,17,18,19). The summed E-state index contributed by atoms with van der Waals surface area (Å²) in [5, 5.41) is 3.14. The summed E-state index contributed by atoms with van der Waals surface area (Å²) in [6.45, 7) is 0. The van der Waals surface area contributed by atoms with Gasteiger partial charge in [-0.05, 0) is 24.6 Å². The van der Waals surface area contributed by atoms with Crippen molar-refractivity contribution in [3.63, 3.8) is 0 Å². The minimum Gasteiger partial charge on any atom is -0.399 e. The van der Waals surface area contributed by atoms with E-state index in [0.29, 0.717) is 29.7 Å². The number of carbonyl (C=O) groups is 2. The van der Waals surface area contributed by atoms with Gasteiger partial charge in [0.25, 0.3) is 0 Å². The summed E-state index contributed by atoms with van der Waals surface area (Å²) < 4.78 is 0. The Morgan fingerprint density at radius 1 is 1.26 bits per heavy atom. The number of aromatic nitrogens is 2. The number of nitrogens with zero attached hydrogens (tertiary/aromatic N) is 2. The molecule has 1 unspecified atom stereocenters. The highest BCUT2D eigenvalue weighted by atomic mass is 16.2. The molecule has 6 nitrogen and oxygen atoms in total. The van der Waals surface area contributed by atoms with Gasteiger partial charge in [-0.3, -0.25) is 14.9 Å². The number of nitrogens with one attached hydrogen (secondary N) is 1. The van der Waals surface area contributed by atoms with Crippen LogP contribution in [0.2, 0.25) is 0 Å². The lowest BCUT2D eigenvalue weighted by atomic mass is 9.92. The first-order valence-electron chi connectivity index (χ1n) is 5.99. The van der Waals surface area contributed by atoms with Crippen LogP contribution in [0.4, 0.5) is 5.69 Å². The van der Waals surface area contributed by atoms with Gasteiger partial charge in [0.2, 0.25) is 11.8 Å². The molecule has 0 spiro atoms. The van der Waals surface area contributed by atoms with E-state index in [9.17, 15) is 9.59 Å². The van der Waals surface area contributed by atoms with E-state index in [1.54, 1.807) is 12.1 Å². The Labute approximate surface area is 109 Å². The van der Waals surface area contributed by atoms with Crippen LogP contribution in [0.15, 0.2) is 24.5 Å². The van der Waals surface area contributed by atoms with E-state index >= 15 is 0 Å². The highest BCUT2D eigenvalue weighted by molar-refractivity contribution is 6.02. The molecule has 1 fully saturated rings. The van der Waals surface area contributed by atoms with Crippen molar-refractivity contribution in [1.29, 1.82) is 0 Å². The number of nitrogen functional groups attached to an aromatic ring is 1. The molecule has 1 aliphatic heterocycles. The molecular weight excluding hydrogens is 244 g/mol. The Balaban J connectivity index is 2.10.